The van der Waals surface area contributed by atoms with Gasteiger partial charge in [-0.1, -0.05) is 35.5 Å². The molecule has 0 radical (unpaired) electrons. The number of benzene rings is 2. The van der Waals surface area contributed by atoms with Crippen LogP contribution >= 0.6 is 23.3 Å². The number of anilines is 1. The lowest BCUT2D eigenvalue weighted by Gasteiger charge is -2.05. The number of carbonyl (C=O) groups is 2. The zero-order valence-corrected chi connectivity index (χ0v) is 16.4. The van der Waals surface area contributed by atoms with E-state index in [1.54, 1.807) is 24.3 Å². The van der Waals surface area contributed by atoms with Crippen molar-refractivity contribution in [3.8, 4) is 11.4 Å². The Morgan fingerprint density at radius 2 is 1.96 bits per heavy atom. The number of aromatic nitrogens is 2. The highest BCUT2D eigenvalue weighted by Gasteiger charge is 2.11. The molecule has 3 aromatic rings. The Hall–Kier alpha value is -2.71. The van der Waals surface area contributed by atoms with Gasteiger partial charge in [0.2, 0.25) is 5.91 Å². The monoisotopic (exact) mass is 399 g/mol. The van der Waals surface area contributed by atoms with Gasteiger partial charge in [0.25, 0.3) is 0 Å². The Labute approximate surface area is 165 Å². The van der Waals surface area contributed by atoms with E-state index in [0.717, 1.165) is 15.5 Å². The first-order chi connectivity index (χ1) is 13.0. The van der Waals surface area contributed by atoms with Crippen molar-refractivity contribution >= 4 is 40.9 Å². The third-order valence-corrected chi connectivity index (χ3v) is 5.43. The van der Waals surface area contributed by atoms with Crippen molar-refractivity contribution in [1.82, 2.24) is 9.36 Å². The van der Waals surface area contributed by atoms with Crippen LogP contribution in [0.25, 0.3) is 11.4 Å². The minimum absolute atomic E-state index is 0.155. The van der Waals surface area contributed by atoms with Gasteiger partial charge >= 0.3 is 5.97 Å². The van der Waals surface area contributed by atoms with Crippen molar-refractivity contribution in [3.63, 3.8) is 0 Å². The predicted octanol–water partition coefficient (Wildman–Crippen LogP) is 4.03. The van der Waals surface area contributed by atoms with Gasteiger partial charge in [-0.15, -0.1) is 0 Å². The number of methoxy groups -OCH3 is 1. The molecular weight excluding hydrogens is 382 g/mol. The van der Waals surface area contributed by atoms with E-state index in [-0.39, 0.29) is 11.7 Å². The molecule has 8 heteroatoms. The van der Waals surface area contributed by atoms with Gasteiger partial charge in [-0.3, -0.25) is 4.79 Å². The maximum atomic E-state index is 12.1. The molecule has 3 rings (SSSR count). The van der Waals surface area contributed by atoms with E-state index in [1.807, 2.05) is 31.2 Å². The van der Waals surface area contributed by atoms with Crippen molar-refractivity contribution in [2.45, 2.75) is 11.3 Å². The van der Waals surface area contributed by atoms with E-state index >= 15 is 0 Å². The van der Waals surface area contributed by atoms with Crippen LogP contribution in [0.15, 0.2) is 52.9 Å². The van der Waals surface area contributed by atoms with Crippen LogP contribution in [0, 0.1) is 6.92 Å². The summed E-state index contributed by atoms with van der Waals surface area (Å²) in [5.41, 5.74) is 3.16. The molecular formula is C19H17N3O3S2. The molecule has 0 saturated carbocycles. The normalized spacial score (nSPS) is 10.4. The first-order valence-electron chi connectivity index (χ1n) is 8.07. The number of thioether (sulfide) groups is 1. The molecule has 1 N–H and O–H groups in total. The highest BCUT2D eigenvalue weighted by molar-refractivity contribution is 8.01. The second-order valence-corrected chi connectivity index (χ2v) is 7.63. The van der Waals surface area contributed by atoms with E-state index < -0.39 is 5.97 Å². The van der Waals surface area contributed by atoms with Gasteiger partial charge in [0.1, 0.15) is 0 Å². The van der Waals surface area contributed by atoms with Gasteiger partial charge in [-0.05, 0) is 48.8 Å². The molecule has 0 fully saturated rings. The van der Waals surface area contributed by atoms with E-state index in [4.69, 9.17) is 0 Å². The fourth-order valence-electron chi connectivity index (χ4n) is 2.30. The maximum absolute atomic E-state index is 12.1. The molecule has 138 valence electrons. The van der Waals surface area contributed by atoms with Gasteiger partial charge < -0.3 is 10.1 Å². The molecule has 0 aliphatic heterocycles. The first-order valence-corrected chi connectivity index (χ1v) is 9.83. The van der Waals surface area contributed by atoms with Crippen LogP contribution in [0.5, 0.6) is 0 Å². The lowest BCUT2D eigenvalue weighted by Crippen LogP contribution is -2.14. The maximum Gasteiger partial charge on any atom is 0.337 e. The molecule has 0 aliphatic carbocycles. The SMILES string of the molecule is COC(=O)c1ccc(NC(=O)CSc2nc(-c3cccc(C)c3)ns2)cc1. The number of hydrogen-bond donors (Lipinski definition) is 1. The Kier molecular flexibility index (Phi) is 6.20. The minimum Gasteiger partial charge on any atom is -0.465 e. The Morgan fingerprint density at radius 3 is 2.67 bits per heavy atom. The van der Waals surface area contributed by atoms with Crippen molar-refractivity contribution < 1.29 is 14.3 Å². The van der Waals surface area contributed by atoms with Crippen LogP contribution in [-0.2, 0) is 9.53 Å². The second kappa shape index (κ2) is 8.79. The topological polar surface area (TPSA) is 81.2 Å². The second-order valence-electron chi connectivity index (χ2n) is 5.66. The fourth-order valence-corrected chi connectivity index (χ4v) is 3.72. The number of esters is 1. The Morgan fingerprint density at radius 1 is 1.19 bits per heavy atom. The van der Waals surface area contributed by atoms with E-state index in [2.05, 4.69) is 19.4 Å². The lowest BCUT2D eigenvalue weighted by molar-refractivity contribution is -0.113. The average Bonchev–Trinajstić information content (AvgIpc) is 3.15. The lowest BCUT2D eigenvalue weighted by atomic mass is 10.1. The molecule has 1 aromatic heterocycles. The fraction of sp³-hybridized carbons (Fsp3) is 0.158. The van der Waals surface area contributed by atoms with Crippen molar-refractivity contribution in [2.75, 3.05) is 18.2 Å². The van der Waals surface area contributed by atoms with Gasteiger partial charge in [0, 0.05) is 11.3 Å². The van der Waals surface area contributed by atoms with Crippen LogP contribution in [-0.4, -0.2) is 34.1 Å². The molecule has 1 heterocycles. The Bertz CT molecular complexity index is 955. The summed E-state index contributed by atoms with van der Waals surface area (Å²) in [6, 6.07) is 14.5. The van der Waals surface area contributed by atoms with Gasteiger partial charge in [-0.2, -0.15) is 4.37 Å². The predicted molar refractivity (Wildman–Crippen MR) is 107 cm³/mol. The third kappa shape index (κ3) is 5.15. The van der Waals surface area contributed by atoms with Crippen LogP contribution in [0.3, 0.4) is 0 Å². The van der Waals surface area contributed by atoms with Gasteiger partial charge in [0.15, 0.2) is 10.2 Å². The smallest absolute Gasteiger partial charge is 0.337 e. The van der Waals surface area contributed by atoms with E-state index in [1.165, 1.54) is 30.4 Å². The standard InChI is InChI=1S/C19H17N3O3S2/c1-12-4-3-5-14(10-12)17-21-19(27-22-17)26-11-16(23)20-15-8-6-13(7-9-15)18(24)25-2/h3-10H,11H2,1-2H3,(H,20,23). The minimum atomic E-state index is -0.413. The Balaban J connectivity index is 1.54. The number of hydrogen-bond acceptors (Lipinski definition) is 7. The molecule has 6 nitrogen and oxygen atoms in total. The van der Waals surface area contributed by atoms with Crippen LogP contribution in [0.4, 0.5) is 5.69 Å². The van der Waals surface area contributed by atoms with E-state index in [0.29, 0.717) is 17.1 Å². The summed E-state index contributed by atoms with van der Waals surface area (Å²) in [7, 11) is 1.33. The summed E-state index contributed by atoms with van der Waals surface area (Å²) in [6.45, 7) is 2.02. The number of aryl methyl sites for hydroxylation is 1. The number of rotatable bonds is 6. The average molecular weight is 399 g/mol. The summed E-state index contributed by atoms with van der Waals surface area (Å²) in [4.78, 5) is 28.0. The van der Waals surface area contributed by atoms with Crippen LogP contribution in [0.2, 0.25) is 0 Å². The zero-order chi connectivity index (χ0) is 19.2. The molecule has 0 saturated heterocycles. The largest absolute Gasteiger partial charge is 0.465 e. The summed E-state index contributed by atoms with van der Waals surface area (Å²) >= 11 is 2.61. The summed E-state index contributed by atoms with van der Waals surface area (Å²) in [5.74, 6) is 0.327. The van der Waals surface area contributed by atoms with Crippen LogP contribution < -0.4 is 5.32 Å². The first kappa shape index (κ1) is 19.1. The molecule has 0 spiro atoms. The van der Waals surface area contributed by atoms with Gasteiger partial charge in [-0.25, -0.2) is 9.78 Å². The number of nitrogens with one attached hydrogen (secondary N) is 1. The molecule has 0 bridgehead atoms. The number of amides is 1. The highest BCUT2D eigenvalue weighted by atomic mass is 32.2. The number of ether oxygens (including phenoxy) is 1. The summed E-state index contributed by atoms with van der Waals surface area (Å²) in [6.07, 6.45) is 0. The third-order valence-electron chi connectivity index (χ3n) is 3.60. The molecule has 0 aliphatic rings. The van der Waals surface area contributed by atoms with E-state index in [9.17, 15) is 9.59 Å². The number of nitrogens with zero attached hydrogens (tertiary/aromatic N) is 2. The quantitative estimate of drug-likeness (QED) is 0.498. The highest BCUT2D eigenvalue weighted by Crippen LogP contribution is 2.25. The summed E-state index contributed by atoms with van der Waals surface area (Å²) in [5, 5.41) is 2.79. The molecule has 27 heavy (non-hydrogen) atoms. The summed E-state index contributed by atoms with van der Waals surface area (Å²) < 4.78 is 9.74. The van der Waals surface area contributed by atoms with Crippen molar-refractivity contribution in [2.24, 2.45) is 0 Å². The molecule has 0 unspecified atom stereocenters. The van der Waals surface area contributed by atoms with Crippen LogP contribution in [0.1, 0.15) is 15.9 Å². The van der Waals surface area contributed by atoms with Crippen molar-refractivity contribution in [3.05, 3.63) is 59.7 Å². The molecule has 0 atom stereocenters. The molecule has 2 aromatic carbocycles. The number of carbonyl (C=O) groups excluding carboxylic acids is 2. The van der Waals surface area contributed by atoms with Gasteiger partial charge in [0.05, 0.1) is 18.4 Å². The zero-order valence-electron chi connectivity index (χ0n) is 14.8. The van der Waals surface area contributed by atoms with Crippen molar-refractivity contribution in [1.29, 1.82) is 0 Å². The molecule has 1 amide bonds.